The third kappa shape index (κ3) is 3.17. The lowest BCUT2D eigenvalue weighted by atomic mass is 10.3. The summed E-state index contributed by atoms with van der Waals surface area (Å²) < 4.78 is 18.8. The third-order valence-corrected chi connectivity index (χ3v) is 2.44. The predicted octanol–water partition coefficient (Wildman–Crippen LogP) is 4.01. The van der Waals surface area contributed by atoms with Crippen LogP contribution in [0.3, 0.4) is 0 Å². The Kier molecular flexibility index (Phi) is 4.10. The van der Waals surface area contributed by atoms with Crippen molar-refractivity contribution in [3.05, 3.63) is 47.1 Å². The van der Waals surface area contributed by atoms with E-state index in [1.165, 1.54) is 18.2 Å². The van der Waals surface area contributed by atoms with Crippen molar-refractivity contribution in [1.29, 1.82) is 0 Å². The Morgan fingerprint density at radius 3 is 2.78 bits per heavy atom. The van der Waals surface area contributed by atoms with E-state index in [1.807, 2.05) is 6.92 Å². The van der Waals surface area contributed by atoms with Gasteiger partial charge in [0.25, 0.3) is 0 Å². The summed E-state index contributed by atoms with van der Waals surface area (Å²) in [5, 5.41) is 0.291. The predicted molar refractivity (Wildman–Crippen MR) is 67.5 cm³/mol. The van der Waals surface area contributed by atoms with Crippen molar-refractivity contribution in [3.8, 4) is 11.6 Å². The Hall–Kier alpha value is -1.68. The van der Waals surface area contributed by atoms with Crippen molar-refractivity contribution >= 4 is 11.6 Å². The molecule has 0 N–H and O–H groups in total. The number of aryl methyl sites for hydroxylation is 1. The number of halogens is 2. The van der Waals surface area contributed by atoms with Gasteiger partial charge in [0, 0.05) is 12.5 Å². The minimum atomic E-state index is -0.440. The second-order valence-electron chi connectivity index (χ2n) is 3.73. The molecule has 1 aromatic carbocycles. The highest BCUT2D eigenvalue weighted by Crippen LogP contribution is 2.24. The molecule has 2 rings (SSSR count). The number of para-hydroxylation sites is 1. The summed E-state index contributed by atoms with van der Waals surface area (Å²) in [5.41, 5.74) is 0. The van der Waals surface area contributed by atoms with E-state index in [9.17, 15) is 4.39 Å². The molecule has 0 unspecified atom stereocenters. The molecule has 94 valence electrons. The largest absolute Gasteiger partial charge is 0.436 e. The van der Waals surface area contributed by atoms with Crippen LogP contribution in [0.5, 0.6) is 11.6 Å². The Morgan fingerprint density at radius 2 is 2.06 bits per heavy atom. The molecule has 0 radical (unpaired) electrons. The number of rotatable bonds is 4. The maximum absolute atomic E-state index is 13.4. The van der Waals surface area contributed by atoms with Crippen molar-refractivity contribution in [2.24, 2.45) is 0 Å². The van der Waals surface area contributed by atoms with Gasteiger partial charge in [-0.15, -0.1) is 0 Å². The summed E-state index contributed by atoms with van der Waals surface area (Å²) in [5.74, 6) is 0.527. The van der Waals surface area contributed by atoms with Crippen molar-refractivity contribution in [2.45, 2.75) is 19.8 Å². The monoisotopic (exact) mass is 266 g/mol. The van der Waals surface area contributed by atoms with Crippen molar-refractivity contribution in [1.82, 2.24) is 9.97 Å². The van der Waals surface area contributed by atoms with Crippen LogP contribution in [0, 0.1) is 5.82 Å². The van der Waals surface area contributed by atoms with E-state index in [0.717, 1.165) is 6.42 Å². The molecule has 0 amide bonds. The van der Waals surface area contributed by atoms with Crippen LogP contribution >= 0.6 is 11.6 Å². The fraction of sp³-hybridized carbons (Fsp3) is 0.231. The van der Waals surface area contributed by atoms with Crippen LogP contribution in [0.15, 0.2) is 30.3 Å². The fourth-order valence-corrected chi connectivity index (χ4v) is 1.66. The first-order valence-corrected chi connectivity index (χ1v) is 6.02. The van der Waals surface area contributed by atoms with E-state index in [2.05, 4.69) is 9.97 Å². The molecule has 0 fully saturated rings. The zero-order chi connectivity index (χ0) is 13.0. The number of hydrogen-bond donors (Lipinski definition) is 0. The molecule has 0 spiro atoms. The number of ether oxygens (including phenoxy) is 1. The van der Waals surface area contributed by atoms with Gasteiger partial charge in [-0.25, -0.2) is 9.37 Å². The van der Waals surface area contributed by atoms with Gasteiger partial charge < -0.3 is 4.74 Å². The fourth-order valence-electron chi connectivity index (χ4n) is 1.47. The lowest BCUT2D eigenvalue weighted by Gasteiger charge is -2.07. The summed E-state index contributed by atoms with van der Waals surface area (Å²) in [6.45, 7) is 2.02. The maximum atomic E-state index is 13.4. The summed E-state index contributed by atoms with van der Waals surface area (Å²) in [4.78, 5) is 8.24. The molecule has 0 saturated heterocycles. The topological polar surface area (TPSA) is 35.0 Å². The number of aromatic nitrogens is 2. The zero-order valence-corrected chi connectivity index (χ0v) is 10.6. The van der Waals surface area contributed by atoms with Gasteiger partial charge in [-0.2, -0.15) is 4.98 Å². The normalized spacial score (nSPS) is 10.4. The van der Waals surface area contributed by atoms with E-state index in [4.69, 9.17) is 16.3 Å². The van der Waals surface area contributed by atoms with Gasteiger partial charge in [0.05, 0.1) is 0 Å². The average molecular weight is 267 g/mol. The van der Waals surface area contributed by atoms with Gasteiger partial charge in [0.1, 0.15) is 11.0 Å². The van der Waals surface area contributed by atoms with Crippen molar-refractivity contribution < 1.29 is 9.13 Å². The molecule has 2 aromatic rings. The van der Waals surface area contributed by atoms with Crippen LogP contribution in [-0.4, -0.2) is 9.97 Å². The van der Waals surface area contributed by atoms with Crippen molar-refractivity contribution in [3.63, 3.8) is 0 Å². The standard InChI is InChI=1S/C13H12ClFN2O/c1-2-5-12-16-11(14)8-13(17-12)18-10-7-4-3-6-9(10)15/h3-4,6-8H,2,5H2,1H3. The molecule has 0 bridgehead atoms. The zero-order valence-electron chi connectivity index (χ0n) is 9.86. The lowest BCUT2D eigenvalue weighted by molar-refractivity contribution is 0.424. The van der Waals surface area contributed by atoms with E-state index >= 15 is 0 Å². The van der Waals surface area contributed by atoms with Gasteiger partial charge in [0.2, 0.25) is 5.88 Å². The molecule has 0 atom stereocenters. The molecule has 1 aromatic heterocycles. The summed E-state index contributed by atoms with van der Waals surface area (Å²) >= 11 is 5.87. The lowest BCUT2D eigenvalue weighted by Crippen LogP contribution is -1.98. The first-order valence-electron chi connectivity index (χ1n) is 5.65. The van der Waals surface area contributed by atoms with Gasteiger partial charge in [0.15, 0.2) is 11.6 Å². The molecule has 0 aliphatic rings. The van der Waals surface area contributed by atoms with Crippen LogP contribution in [0.25, 0.3) is 0 Å². The summed E-state index contributed by atoms with van der Waals surface area (Å²) in [7, 11) is 0. The van der Waals surface area contributed by atoms with Gasteiger partial charge in [-0.05, 0) is 18.6 Å². The first-order chi connectivity index (χ1) is 8.69. The van der Waals surface area contributed by atoms with E-state index in [1.54, 1.807) is 12.1 Å². The van der Waals surface area contributed by atoms with Gasteiger partial charge >= 0.3 is 0 Å². The minimum Gasteiger partial charge on any atom is -0.436 e. The molecule has 0 aliphatic heterocycles. The van der Waals surface area contributed by atoms with Gasteiger partial charge in [-0.3, -0.25) is 0 Å². The molecule has 18 heavy (non-hydrogen) atoms. The highest BCUT2D eigenvalue weighted by Gasteiger charge is 2.07. The highest BCUT2D eigenvalue weighted by atomic mass is 35.5. The Morgan fingerprint density at radius 1 is 1.28 bits per heavy atom. The molecule has 0 aliphatic carbocycles. The van der Waals surface area contributed by atoms with Crippen LogP contribution in [0.1, 0.15) is 19.2 Å². The number of nitrogens with zero attached hydrogens (tertiary/aromatic N) is 2. The molecular formula is C13H12ClFN2O. The molecule has 1 heterocycles. The molecular weight excluding hydrogens is 255 g/mol. The highest BCUT2D eigenvalue weighted by molar-refractivity contribution is 6.29. The maximum Gasteiger partial charge on any atom is 0.224 e. The Labute approximate surface area is 110 Å². The summed E-state index contributed by atoms with van der Waals surface area (Å²) in [6.07, 6.45) is 1.60. The summed E-state index contributed by atoms with van der Waals surface area (Å²) in [6, 6.07) is 7.61. The Balaban J connectivity index is 2.26. The Bertz CT molecular complexity index is 548. The number of hydrogen-bond acceptors (Lipinski definition) is 3. The number of benzene rings is 1. The smallest absolute Gasteiger partial charge is 0.224 e. The van der Waals surface area contributed by atoms with E-state index in [-0.39, 0.29) is 11.6 Å². The molecule has 3 nitrogen and oxygen atoms in total. The molecule has 0 saturated carbocycles. The van der Waals surface area contributed by atoms with E-state index in [0.29, 0.717) is 17.4 Å². The molecule has 5 heteroatoms. The van der Waals surface area contributed by atoms with E-state index < -0.39 is 5.82 Å². The second kappa shape index (κ2) is 5.78. The first kappa shape index (κ1) is 12.8. The van der Waals surface area contributed by atoms with Crippen LogP contribution < -0.4 is 4.74 Å². The van der Waals surface area contributed by atoms with Crippen LogP contribution in [0.4, 0.5) is 4.39 Å². The van der Waals surface area contributed by atoms with Crippen LogP contribution in [-0.2, 0) is 6.42 Å². The average Bonchev–Trinajstić information content (AvgIpc) is 2.32. The second-order valence-corrected chi connectivity index (χ2v) is 4.11. The van der Waals surface area contributed by atoms with Crippen LogP contribution in [0.2, 0.25) is 5.15 Å². The van der Waals surface area contributed by atoms with Gasteiger partial charge in [-0.1, -0.05) is 30.7 Å². The SMILES string of the molecule is CCCc1nc(Cl)cc(Oc2ccccc2F)n1. The third-order valence-electron chi connectivity index (χ3n) is 2.24. The van der Waals surface area contributed by atoms with Crippen molar-refractivity contribution in [2.75, 3.05) is 0 Å². The minimum absolute atomic E-state index is 0.120. The quantitative estimate of drug-likeness (QED) is 0.784.